The molecular formula is C11H11ClN2O3S. The summed E-state index contributed by atoms with van der Waals surface area (Å²) in [5.74, 6) is 0.137. The van der Waals surface area contributed by atoms with Crippen molar-refractivity contribution in [3.05, 3.63) is 28.2 Å². The van der Waals surface area contributed by atoms with Gasteiger partial charge < -0.3 is 15.0 Å². The maximum atomic E-state index is 11.2. The standard InChI is InChI=1S/C11H11ClN2O3S/c1-16-11(15)7(13)4-6-5-8(17-14-6)9-2-3-10(12)18-9/h2-3,5,7H,4,13H2,1H3. The van der Waals surface area contributed by atoms with Crippen LogP contribution < -0.4 is 5.73 Å². The number of methoxy groups -OCH3 is 1. The van der Waals surface area contributed by atoms with Gasteiger partial charge in [-0.3, -0.25) is 4.79 Å². The molecule has 0 aliphatic carbocycles. The largest absolute Gasteiger partial charge is 0.468 e. The summed E-state index contributed by atoms with van der Waals surface area (Å²) in [6.45, 7) is 0. The SMILES string of the molecule is COC(=O)C(N)Cc1cc(-c2ccc(Cl)s2)on1. The fraction of sp³-hybridized carbons (Fsp3) is 0.273. The summed E-state index contributed by atoms with van der Waals surface area (Å²) in [6.07, 6.45) is 0.273. The maximum absolute atomic E-state index is 11.2. The molecule has 96 valence electrons. The van der Waals surface area contributed by atoms with E-state index < -0.39 is 12.0 Å². The molecule has 5 nitrogen and oxygen atoms in total. The van der Waals surface area contributed by atoms with E-state index in [-0.39, 0.29) is 6.42 Å². The molecule has 0 spiro atoms. The number of carbonyl (C=O) groups is 1. The Hall–Kier alpha value is -1.37. The lowest BCUT2D eigenvalue weighted by Gasteiger charge is -2.05. The van der Waals surface area contributed by atoms with E-state index in [4.69, 9.17) is 21.9 Å². The van der Waals surface area contributed by atoms with Crippen LogP contribution in [-0.2, 0) is 16.0 Å². The van der Waals surface area contributed by atoms with E-state index in [1.165, 1.54) is 18.4 Å². The first-order valence-electron chi connectivity index (χ1n) is 5.15. The van der Waals surface area contributed by atoms with Gasteiger partial charge >= 0.3 is 5.97 Å². The van der Waals surface area contributed by atoms with Gasteiger partial charge in [0, 0.05) is 12.5 Å². The average Bonchev–Trinajstić information content (AvgIpc) is 2.96. The van der Waals surface area contributed by atoms with Crippen LogP contribution in [0.3, 0.4) is 0 Å². The lowest BCUT2D eigenvalue weighted by Crippen LogP contribution is -2.33. The predicted octanol–water partition coefficient (Wildman–Crippen LogP) is 2.10. The number of carbonyl (C=O) groups excluding carboxylic acids is 1. The molecule has 0 aliphatic rings. The zero-order chi connectivity index (χ0) is 13.1. The molecule has 0 saturated heterocycles. The van der Waals surface area contributed by atoms with Gasteiger partial charge in [0.1, 0.15) is 6.04 Å². The second kappa shape index (κ2) is 5.51. The van der Waals surface area contributed by atoms with Gasteiger partial charge in [-0.1, -0.05) is 16.8 Å². The van der Waals surface area contributed by atoms with Gasteiger partial charge in [0.05, 0.1) is 22.0 Å². The third kappa shape index (κ3) is 2.90. The van der Waals surface area contributed by atoms with E-state index in [0.29, 0.717) is 15.8 Å². The molecule has 0 fully saturated rings. The van der Waals surface area contributed by atoms with E-state index in [9.17, 15) is 4.79 Å². The Labute approximate surface area is 112 Å². The topological polar surface area (TPSA) is 78.4 Å². The molecule has 2 aromatic rings. The minimum Gasteiger partial charge on any atom is -0.468 e. The molecule has 0 amide bonds. The van der Waals surface area contributed by atoms with Crippen LogP contribution in [0.5, 0.6) is 0 Å². The van der Waals surface area contributed by atoms with Crippen molar-refractivity contribution < 1.29 is 14.1 Å². The van der Waals surface area contributed by atoms with Crippen LogP contribution >= 0.6 is 22.9 Å². The van der Waals surface area contributed by atoms with Crippen molar-refractivity contribution in [1.29, 1.82) is 0 Å². The third-order valence-electron chi connectivity index (χ3n) is 2.31. The smallest absolute Gasteiger partial charge is 0.323 e. The first-order valence-corrected chi connectivity index (χ1v) is 6.34. The molecule has 18 heavy (non-hydrogen) atoms. The lowest BCUT2D eigenvalue weighted by atomic mass is 10.1. The summed E-state index contributed by atoms with van der Waals surface area (Å²) in [5.41, 5.74) is 6.24. The van der Waals surface area contributed by atoms with Crippen LogP contribution in [0, 0.1) is 0 Å². The van der Waals surface area contributed by atoms with Gasteiger partial charge in [0.15, 0.2) is 5.76 Å². The zero-order valence-electron chi connectivity index (χ0n) is 9.55. The number of halogens is 1. The number of aromatic nitrogens is 1. The molecule has 7 heteroatoms. The molecule has 2 aromatic heterocycles. The van der Waals surface area contributed by atoms with Crippen LogP contribution in [-0.4, -0.2) is 24.3 Å². The molecule has 1 atom stereocenters. The van der Waals surface area contributed by atoms with E-state index >= 15 is 0 Å². The van der Waals surface area contributed by atoms with Gasteiger partial charge in [0.25, 0.3) is 0 Å². The molecule has 0 aromatic carbocycles. The molecule has 2 heterocycles. The van der Waals surface area contributed by atoms with Crippen molar-refractivity contribution in [2.24, 2.45) is 5.73 Å². The van der Waals surface area contributed by atoms with E-state index in [0.717, 1.165) is 4.88 Å². The van der Waals surface area contributed by atoms with Crippen molar-refractivity contribution in [3.63, 3.8) is 0 Å². The highest BCUT2D eigenvalue weighted by molar-refractivity contribution is 7.19. The Morgan fingerprint density at radius 2 is 2.44 bits per heavy atom. The second-order valence-corrected chi connectivity index (χ2v) is 5.34. The Bertz CT molecular complexity index is 552. The highest BCUT2D eigenvalue weighted by Crippen LogP contribution is 2.31. The van der Waals surface area contributed by atoms with Crippen molar-refractivity contribution in [1.82, 2.24) is 5.16 Å². The quantitative estimate of drug-likeness (QED) is 0.871. The van der Waals surface area contributed by atoms with Crippen LogP contribution in [0.25, 0.3) is 10.6 Å². The number of ether oxygens (including phenoxy) is 1. The molecule has 2 rings (SSSR count). The van der Waals surface area contributed by atoms with Gasteiger partial charge in [-0.05, 0) is 12.1 Å². The van der Waals surface area contributed by atoms with E-state index in [1.54, 1.807) is 12.1 Å². The molecule has 0 aliphatic heterocycles. The molecule has 0 bridgehead atoms. The Morgan fingerprint density at radius 3 is 3.06 bits per heavy atom. The normalized spacial score (nSPS) is 12.4. The van der Waals surface area contributed by atoms with Crippen molar-refractivity contribution in [2.45, 2.75) is 12.5 Å². The van der Waals surface area contributed by atoms with E-state index in [1.807, 2.05) is 6.07 Å². The lowest BCUT2D eigenvalue weighted by molar-refractivity contribution is -0.142. The van der Waals surface area contributed by atoms with Gasteiger partial charge in [-0.25, -0.2) is 0 Å². The van der Waals surface area contributed by atoms with Crippen molar-refractivity contribution >= 4 is 28.9 Å². The summed E-state index contributed by atoms with van der Waals surface area (Å²) < 4.78 is 10.4. The number of nitrogens with zero attached hydrogens (tertiary/aromatic N) is 1. The van der Waals surface area contributed by atoms with E-state index in [2.05, 4.69) is 9.89 Å². The van der Waals surface area contributed by atoms with Crippen LogP contribution in [0.4, 0.5) is 0 Å². The summed E-state index contributed by atoms with van der Waals surface area (Å²) >= 11 is 7.23. The highest BCUT2D eigenvalue weighted by atomic mass is 35.5. The van der Waals surface area contributed by atoms with Crippen LogP contribution in [0.15, 0.2) is 22.7 Å². The van der Waals surface area contributed by atoms with Crippen molar-refractivity contribution in [2.75, 3.05) is 7.11 Å². The summed E-state index contributed by atoms with van der Waals surface area (Å²) in [5, 5.41) is 3.86. The molecule has 0 saturated carbocycles. The van der Waals surface area contributed by atoms with Crippen LogP contribution in [0.2, 0.25) is 4.34 Å². The average molecular weight is 287 g/mol. The van der Waals surface area contributed by atoms with Crippen LogP contribution in [0.1, 0.15) is 5.69 Å². The first kappa shape index (κ1) is 13.1. The van der Waals surface area contributed by atoms with Gasteiger partial charge in [-0.15, -0.1) is 11.3 Å². The Kier molecular flexibility index (Phi) is 4.00. The third-order valence-corrected chi connectivity index (χ3v) is 3.55. The summed E-state index contributed by atoms with van der Waals surface area (Å²) in [7, 11) is 1.30. The highest BCUT2D eigenvalue weighted by Gasteiger charge is 2.17. The number of hydrogen-bond donors (Lipinski definition) is 1. The minimum atomic E-state index is -0.736. The predicted molar refractivity (Wildman–Crippen MR) is 68.5 cm³/mol. The summed E-state index contributed by atoms with van der Waals surface area (Å²) in [6, 6.07) is 4.63. The molecule has 0 radical (unpaired) electrons. The molecule has 2 N–H and O–H groups in total. The second-order valence-electron chi connectivity index (χ2n) is 3.62. The number of thiophene rings is 1. The number of hydrogen-bond acceptors (Lipinski definition) is 6. The zero-order valence-corrected chi connectivity index (χ0v) is 11.1. The molecule has 1 unspecified atom stereocenters. The Morgan fingerprint density at radius 1 is 1.67 bits per heavy atom. The van der Waals surface area contributed by atoms with Gasteiger partial charge in [-0.2, -0.15) is 0 Å². The number of nitrogens with two attached hydrogens (primary N) is 1. The number of rotatable bonds is 4. The fourth-order valence-electron chi connectivity index (χ4n) is 1.43. The monoisotopic (exact) mass is 286 g/mol. The number of esters is 1. The van der Waals surface area contributed by atoms with Gasteiger partial charge in [0.2, 0.25) is 0 Å². The maximum Gasteiger partial charge on any atom is 0.323 e. The summed E-state index contributed by atoms with van der Waals surface area (Å²) in [4.78, 5) is 12.1. The minimum absolute atomic E-state index is 0.273. The first-order chi connectivity index (χ1) is 8.60. The molecular weight excluding hydrogens is 276 g/mol. The van der Waals surface area contributed by atoms with Crippen molar-refractivity contribution in [3.8, 4) is 10.6 Å². The Balaban J connectivity index is 2.09. The fourth-order valence-corrected chi connectivity index (χ4v) is 2.42.